The van der Waals surface area contributed by atoms with E-state index in [0.29, 0.717) is 0 Å². The van der Waals surface area contributed by atoms with E-state index in [-0.39, 0.29) is 0 Å². The van der Waals surface area contributed by atoms with E-state index in [9.17, 15) is 0 Å². The number of hydrogen-bond donors (Lipinski definition) is 1. The molecule has 0 saturated carbocycles. The Morgan fingerprint density at radius 3 is 2.45 bits per heavy atom. The molecule has 0 aliphatic heterocycles. The van der Waals surface area contributed by atoms with Crippen LogP contribution in [0.4, 0.5) is 11.4 Å². The van der Waals surface area contributed by atoms with Crippen molar-refractivity contribution >= 4 is 34.0 Å². The molecule has 1 aromatic rings. The van der Waals surface area contributed by atoms with Gasteiger partial charge in [0.15, 0.2) is 0 Å². The number of halogens is 1. The summed E-state index contributed by atoms with van der Waals surface area (Å²) in [6, 6.07) is 5.91. The zero-order valence-corrected chi connectivity index (χ0v) is 8.79. The van der Waals surface area contributed by atoms with Crippen LogP contribution in [0.1, 0.15) is 0 Å². The van der Waals surface area contributed by atoms with Gasteiger partial charge in [-0.1, -0.05) is 0 Å². The lowest BCUT2D eigenvalue weighted by Crippen LogP contribution is -2.10. The summed E-state index contributed by atoms with van der Waals surface area (Å²) in [5, 5.41) is 0. The molecule has 2 nitrogen and oxygen atoms in total. The van der Waals surface area contributed by atoms with Gasteiger partial charge in [-0.3, -0.25) is 0 Å². The zero-order chi connectivity index (χ0) is 8.43. The molecular weight excluding hydrogens is 251 g/mol. The first-order valence-electron chi connectivity index (χ1n) is 3.33. The van der Waals surface area contributed by atoms with Crippen LogP contribution in [-0.2, 0) is 0 Å². The number of hydrogen-bond acceptors (Lipinski definition) is 2. The molecule has 1 aromatic carbocycles. The van der Waals surface area contributed by atoms with Gasteiger partial charge in [-0.2, -0.15) is 0 Å². The monoisotopic (exact) mass is 262 g/mol. The Hall–Kier alpha value is -0.450. The minimum atomic E-state index is 0.819. The Labute approximate surface area is 80.5 Å². The van der Waals surface area contributed by atoms with Gasteiger partial charge in [-0.05, 0) is 40.8 Å². The minimum absolute atomic E-state index is 0.819. The number of benzene rings is 1. The van der Waals surface area contributed by atoms with Crippen LogP contribution in [0.15, 0.2) is 18.2 Å². The third kappa shape index (κ3) is 1.99. The van der Waals surface area contributed by atoms with Crippen molar-refractivity contribution in [2.45, 2.75) is 0 Å². The summed E-state index contributed by atoms with van der Waals surface area (Å²) in [5.74, 6) is 0. The maximum Gasteiger partial charge on any atom is 0.0498 e. The lowest BCUT2D eigenvalue weighted by Gasteiger charge is -2.14. The maximum atomic E-state index is 5.60. The zero-order valence-electron chi connectivity index (χ0n) is 6.63. The molecule has 0 aromatic heterocycles. The topological polar surface area (TPSA) is 29.3 Å². The normalized spacial score (nSPS) is 9.73. The first-order valence-corrected chi connectivity index (χ1v) is 4.41. The van der Waals surface area contributed by atoms with Crippen molar-refractivity contribution in [1.82, 2.24) is 0 Å². The quantitative estimate of drug-likeness (QED) is 0.619. The summed E-state index contributed by atoms with van der Waals surface area (Å²) in [4.78, 5) is 2.07. The fourth-order valence-corrected chi connectivity index (χ4v) is 1.91. The number of anilines is 2. The highest BCUT2D eigenvalue weighted by Crippen LogP contribution is 2.22. The average molecular weight is 262 g/mol. The van der Waals surface area contributed by atoms with Crippen molar-refractivity contribution < 1.29 is 0 Å². The summed E-state index contributed by atoms with van der Waals surface area (Å²) >= 11 is 2.28. The fraction of sp³-hybridized carbons (Fsp3) is 0.250. The second kappa shape index (κ2) is 3.30. The summed E-state index contributed by atoms with van der Waals surface area (Å²) < 4.78 is 1.19. The van der Waals surface area contributed by atoms with Crippen LogP contribution in [0.2, 0.25) is 0 Å². The molecule has 3 heteroatoms. The number of nitrogens with zero attached hydrogens (tertiary/aromatic N) is 1. The van der Waals surface area contributed by atoms with E-state index < -0.39 is 0 Å². The minimum Gasteiger partial charge on any atom is -0.399 e. The second-order valence-electron chi connectivity index (χ2n) is 2.61. The third-order valence-electron chi connectivity index (χ3n) is 1.45. The van der Waals surface area contributed by atoms with E-state index in [4.69, 9.17) is 5.73 Å². The number of nitrogen functional groups attached to an aromatic ring is 1. The molecular formula is C8H11IN2. The Morgan fingerprint density at radius 2 is 2.00 bits per heavy atom. The fourth-order valence-electron chi connectivity index (χ4n) is 0.886. The molecule has 0 unspecified atom stereocenters. The molecule has 11 heavy (non-hydrogen) atoms. The van der Waals surface area contributed by atoms with E-state index in [1.54, 1.807) is 0 Å². The van der Waals surface area contributed by atoms with Gasteiger partial charge in [-0.25, -0.2) is 0 Å². The molecule has 0 fully saturated rings. The summed E-state index contributed by atoms with van der Waals surface area (Å²) in [7, 11) is 4.04. The summed E-state index contributed by atoms with van der Waals surface area (Å²) in [5.41, 5.74) is 7.63. The van der Waals surface area contributed by atoms with Gasteiger partial charge >= 0.3 is 0 Å². The molecule has 1 rings (SSSR count). The van der Waals surface area contributed by atoms with E-state index in [0.717, 1.165) is 5.69 Å². The molecule has 0 aliphatic rings. The second-order valence-corrected chi connectivity index (χ2v) is 3.77. The van der Waals surface area contributed by atoms with Crippen molar-refractivity contribution in [2.24, 2.45) is 0 Å². The molecule has 0 saturated heterocycles. The largest absolute Gasteiger partial charge is 0.399 e. The molecule has 0 bridgehead atoms. The predicted molar refractivity (Wildman–Crippen MR) is 57.9 cm³/mol. The van der Waals surface area contributed by atoms with Crippen molar-refractivity contribution in [1.29, 1.82) is 0 Å². The predicted octanol–water partition coefficient (Wildman–Crippen LogP) is 1.94. The van der Waals surface area contributed by atoms with E-state index in [2.05, 4.69) is 27.5 Å². The van der Waals surface area contributed by atoms with Gasteiger partial charge in [-0.15, -0.1) is 0 Å². The van der Waals surface area contributed by atoms with Gasteiger partial charge in [0, 0.05) is 29.0 Å². The summed E-state index contributed by atoms with van der Waals surface area (Å²) in [6.07, 6.45) is 0. The van der Waals surface area contributed by atoms with Gasteiger partial charge < -0.3 is 10.6 Å². The molecule has 0 aliphatic carbocycles. The van der Waals surface area contributed by atoms with Gasteiger partial charge in [0.2, 0.25) is 0 Å². The number of rotatable bonds is 1. The maximum absolute atomic E-state index is 5.60. The van der Waals surface area contributed by atoms with Gasteiger partial charge in [0.05, 0.1) is 0 Å². The Balaban J connectivity index is 3.09. The molecule has 0 amide bonds. The SMILES string of the molecule is CN(C)c1ccc(N)cc1I. The highest BCUT2D eigenvalue weighted by Gasteiger charge is 2.00. The van der Waals surface area contributed by atoms with Crippen LogP contribution in [-0.4, -0.2) is 14.1 Å². The lowest BCUT2D eigenvalue weighted by atomic mass is 10.3. The Kier molecular flexibility index (Phi) is 2.59. The van der Waals surface area contributed by atoms with Crippen LogP contribution < -0.4 is 10.6 Å². The van der Waals surface area contributed by atoms with Gasteiger partial charge in [0.25, 0.3) is 0 Å². The molecule has 60 valence electrons. The van der Waals surface area contributed by atoms with Crippen LogP contribution >= 0.6 is 22.6 Å². The van der Waals surface area contributed by atoms with Crippen molar-refractivity contribution in [3.05, 3.63) is 21.8 Å². The Bertz CT molecular complexity index is 258. The highest BCUT2D eigenvalue weighted by atomic mass is 127. The molecule has 0 heterocycles. The third-order valence-corrected chi connectivity index (χ3v) is 2.32. The van der Waals surface area contributed by atoms with E-state index in [1.807, 2.05) is 32.3 Å². The smallest absolute Gasteiger partial charge is 0.0498 e. The van der Waals surface area contributed by atoms with Crippen LogP contribution in [0.25, 0.3) is 0 Å². The van der Waals surface area contributed by atoms with E-state index >= 15 is 0 Å². The number of nitrogens with two attached hydrogens (primary N) is 1. The molecule has 0 atom stereocenters. The molecule has 2 N–H and O–H groups in total. The van der Waals surface area contributed by atoms with Crippen LogP contribution in [0.5, 0.6) is 0 Å². The molecule has 0 radical (unpaired) electrons. The first-order chi connectivity index (χ1) is 5.11. The van der Waals surface area contributed by atoms with Crippen molar-refractivity contribution in [2.75, 3.05) is 24.7 Å². The average Bonchev–Trinajstić information content (AvgIpc) is 1.85. The first kappa shape index (κ1) is 8.64. The van der Waals surface area contributed by atoms with Crippen molar-refractivity contribution in [3.8, 4) is 0 Å². The molecule has 0 spiro atoms. The van der Waals surface area contributed by atoms with Gasteiger partial charge in [0.1, 0.15) is 0 Å². The van der Waals surface area contributed by atoms with Crippen LogP contribution in [0, 0.1) is 3.57 Å². The highest BCUT2D eigenvalue weighted by molar-refractivity contribution is 14.1. The summed E-state index contributed by atoms with van der Waals surface area (Å²) in [6.45, 7) is 0. The van der Waals surface area contributed by atoms with Crippen LogP contribution in [0.3, 0.4) is 0 Å². The van der Waals surface area contributed by atoms with E-state index in [1.165, 1.54) is 9.26 Å². The standard InChI is InChI=1S/C8H11IN2/c1-11(2)8-4-3-6(10)5-7(8)9/h3-5H,10H2,1-2H3. The van der Waals surface area contributed by atoms with Crippen molar-refractivity contribution in [3.63, 3.8) is 0 Å². The lowest BCUT2D eigenvalue weighted by molar-refractivity contribution is 1.12. The Morgan fingerprint density at radius 1 is 1.36 bits per heavy atom.